The molecule has 0 N–H and O–H groups in total. The first kappa shape index (κ1) is 12.6. The van der Waals surface area contributed by atoms with Crippen LogP contribution in [0.15, 0.2) is 0 Å². The molecule has 1 fully saturated rings. The van der Waals surface area contributed by atoms with Gasteiger partial charge < -0.3 is 37.9 Å². The van der Waals surface area contributed by atoms with E-state index in [1.165, 1.54) is 0 Å². The molecule has 0 bridgehead atoms. The van der Waals surface area contributed by atoms with Gasteiger partial charge in [0.2, 0.25) is 0 Å². The number of halogens is 1. The molecule has 0 aromatic heterocycles. The number of ether oxygens (including phenoxy) is 2. The van der Waals surface area contributed by atoms with Crippen molar-refractivity contribution in [2.24, 2.45) is 0 Å². The summed E-state index contributed by atoms with van der Waals surface area (Å²) in [6.07, 6.45) is 0.275. The fourth-order valence-corrected chi connectivity index (χ4v) is 1.30. The molecule has 0 spiro atoms. The van der Waals surface area contributed by atoms with E-state index < -0.39 is 0 Å². The van der Waals surface area contributed by atoms with Gasteiger partial charge in [-0.1, -0.05) is 0 Å². The molecule has 0 unspecified atom stereocenters. The third kappa shape index (κ3) is 4.59. The van der Waals surface area contributed by atoms with Crippen LogP contribution in [0.5, 0.6) is 0 Å². The first-order valence-corrected chi connectivity index (χ1v) is 4.05. The number of likely N-dealkylation sites (N-methyl/N-ethyl adjacent to an activating group) is 1. The summed E-state index contributed by atoms with van der Waals surface area (Å²) in [7, 11) is 6.48. The van der Waals surface area contributed by atoms with Gasteiger partial charge in [-0.2, -0.15) is 0 Å². The van der Waals surface area contributed by atoms with Gasteiger partial charge in [-0.25, -0.2) is 0 Å². The summed E-state index contributed by atoms with van der Waals surface area (Å²) in [6, 6.07) is 0. The molecule has 4 heteroatoms. The van der Waals surface area contributed by atoms with Gasteiger partial charge in [0, 0.05) is 0 Å². The molecule has 1 aliphatic rings. The minimum atomic E-state index is -0.00782. The summed E-state index contributed by atoms with van der Waals surface area (Å²) in [5.41, 5.74) is 0. The maximum atomic E-state index is 5.50. The number of nitrogens with zero attached hydrogens (tertiary/aromatic N) is 1. The van der Waals surface area contributed by atoms with Crippen LogP contribution in [0.3, 0.4) is 0 Å². The van der Waals surface area contributed by atoms with E-state index in [0.29, 0.717) is 0 Å². The van der Waals surface area contributed by atoms with Gasteiger partial charge >= 0.3 is 0 Å². The highest BCUT2D eigenvalue weighted by atomic mass is 127. The first-order valence-electron chi connectivity index (χ1n) is 4.05. The van der Waals surface area contributed by atoms with Gasteiger partial charge in [0.15, 0.2) is 6.29 Å². The third-order valence-corrected chi connectivity index (χ3v) is 1.65. The van der Waals surface area contributed by atoms with Crippen LogP contribution in [-0.2, 0) is 9.47 Å². The molecular weight excluding hydrogens is 269 g/mol. The zero-order valence-electron chi connectivity index (χ0n) is 8.21. The second-order valence-electron chi connectivity index (χ2n) is 4.13. The molecule has 12 heavy (non-hydrogen) atoms. The van der Waals surface area contributed by atoms with Crippen LogP contribution in [0.2, 0.25) is 0 Å². The topological polar surface area (TPSA) is 18.5 Å². The van der Waals surface area contributed by atoms with Gasteiger partial charge in [-0.15, -0.1) is 0 Å². The quantitative estimate of drug-likeness (QED) is 0.411. The molecule has 2 atom stereocenters. The highest BCUT2D eigenvalue weighted by molar-refractivity contribution is 4.61. The van der Waals surface area contributed by atoms with E-state index in [0.717, 1.165) is 17.6 Å². The van der Waals surface area contributed by atoms with Gasteiger partial charge in [0.05, 0.1) is 27.7 Å². The normalized spacial score (nSPS) is 30.0. The first-order chi connectivity index (χ1) is 4.97. The molecule has 3 nitrogen and oxygen atoms in total. The van der Waals surface area contributed by atoms with Crippen LogP contribution in [0.25, 0.3) is 0 Å². The zero-order chi connectivity index (χ0) is 8.48. The SMILES string of the molecule is C[C@H]1OC[C@@H](C[N+](C)(C)C)O1.[I-]. The van der Waals surface area contributed by atoms with Crippen LogP contribution in [0, 0.1) is 0 Å². The molecule has 0 saturated carbocycles. The maximum Gasteiger partial charge on any atom is 0.155 e. The predicted octanol–water partition coefficient (Wildman–Crippen LogP) is -2.54. The van der Waals surface area contributed by atoms with Crippen molar-refractivity contribution >= 4 is 0 Å². The Labute approximate surface area is 91.6 Å². The Morgan fingerprint density at radius 2 is 1.92 bits per heavy atom. The summed E-state index contributed by atoms with van der Waals surface area (Å²) in [5, 5.41) is 0. The van der Waals surface area contributed by atoms with E-state index in [-0.39, 0.29) is 36.4 Å². The van der Waals surface area contributed by atoms with E-state index in [1.54, 1.807) is 0 Å². The number of hydrogen-bond donors (Lipinski definition) is 0. The van der Waals surface area contributed by atoms with E-state index in [1.807, 2.05) is 6.92 Å². The molecular formula is C8H18INO2. The Morgan fingerprint density at radius 1 is 1.33 bits per heavy atom. The fourth-order valence-electron chi connectivity index (χ4n) is 1.30. The monoisotopic (exact) mass is 287 g/mol. The highest BCUT2D eigenvalue weighted by Crippen LogP contribution is 2.12. The van der Waals surface area contributed by atoms with Crippen molar-refractivity contribution in [1.29, 1.82) is 0 Å². The van der Waals surface area contributed by atoms with Crippen LogP contribution >= 0.6 is 0 Å². The summed E-state index contributed by atoms with van der Waals surface area (Å²) >= 11 is 0. The smallest absolute Gasteiger partial charge is 0.155 e. The van der Waals surface area contributed by atoms with Crippen molar-refractivity contribution in [3.8, 4) is 0 Å². The fraction of sp³-hybridized carbons (Fsp3) is 1.00. The Bertz CT molecular complexity index is 136. The lowest BCUT2D eigenvalue weighted by atomic mass is 10.3. The second kappa shape index (κ2) is 4.74. The minimum absolute atomic E-state index is 0. The largest absolute Gasteiger partial charge is 1.00 e. The van der Waals surface area contributed by atoms with Gasteiger partial charge in [-0.05, 0) is 6.92 Å². The van der Waals surface area contributed by atoms with Crippen LogP contribution in [0.4, 0.5) is 0 Å². The summed E-state index contributed by atoms with van der Waals surface area (Å²) in [6.45, 7) is 3.71. The van der Waals surface area contributed by atoms with Crippen LogP contribution < -0.4 is 24.0 Å². The average Bonchev–Trinajstić information content (AvgIpc) is 2.10. The van der Waals surface area contributed by atoms with Crippen molar-refractivity contribution in [3.05, 3.63) is 0 Å². The van der Waals surface area contributed by atoms with Crippen molar-refractivity contribution in [2.75, 3.05) is 34.3 Å². The van der Waals surface area contributed by atoms with Gasteiger partial charge in [0.1, 0.15) is 12.6 Å². The highest BCUT2D eigenvalue weighted by Gasteiger charge is 2.27. The van der Waals surface area contributed by atoms with Crippen molar-refractivity contribution in [2.45, 2.75) is 19.3 Å². The van der Waals surface area contributed by atoms with Crippen molar-refractivity contribution in [3.63, 3.8) is 0 Å². The molecule has 0 aliphatic carbocycles. The number of rotatable bonds is 2. The Hall–Kier alpha value is 0.610. The van der Waals surface area contributed by atoms with E-state index >= 15 is 0 Å². The van der Waals surface area contributed by atoms with Crippen molar-refractivity contribution < 1.29 is 37.9 Å². The Kier molecular flexibility index (Phi) is 4.98. The average molecular weight is 287 g/mol. The Morgan fingerprint density at radius 3 is 2.25 bits per heavy atom. The van der Waals surface area contributed by atoms with Gasteiger partial charge in [0.25, 0.3) is 0 Å². The summed E-state index contributed by atoms with van der Waals surface area (Å²) < 4.78 is 11.7. The lowest BCUT2D eigenvalue weighted by Crippen LogP contribution is -3.00. The molecule has 0 aromatic carbocycles. The molecule has 1 heterocycles. The number of hydrogen-bond acceptors (Lipinski definition) is 2. The third-order valence-electron chi connectivity index (χ3n) is 1.65. The lowest BCUT2D eigenvalue weighted by Gasteiger charge is -2.26. The van der Waals surface area contributed by atoms with E-state index in [2.05, 4.69) is 21.1 Å². The summed E-state index contributed by atoms with van der Waals surface area (Å²) in [5.74, 6) is 0. The molecule has 1 aliphatic heterocycles. The standard InChI is InChI=1S/C8H18NO2.HI/c1-7-10-6-8(11-7)5-9(2,3)4;/h7-8H,5-6H2,1-4H3;1H/q+1;/p-1/t7-,8+;/m0./s1. The number of quaternary nitrogens is 1. The van der Waals surface area contributed by atoms with Crippen LogP contribution in [0.1, 0.15) is 6.92 Å². The zero-order valence-corrected chi connectivity index (χ0v) is 10.4. The van der Waals surface area contributed by atoms with Crippen molar-refractivity contribution in [1.82, 2.24) is 0 Å². The van der Waals surface area contributed by atoms with E-state index in [4.69, 9.17) is 9.47 Å². The minimum Gasteiger partial charge on any atom is -1.00 e. The lowest BCUT2D eigenvalue weighted by molar-refractivity contribution is -0.873. The molecule has 1 saturated heterocycles. The molecule has 0 radical (unpaired) electrons. The second-order valence-corrected chi connectivity index (χ2v) is 4.13. The molecule has 0 amide bonds. The van der Waals surface area contributed by atoms with Crippen LogP contribution in [-0.4, -0.2) is 51.2 Å². The van der Waals surface area contributed by atoms with Gasteiger partial charge in [-0.3, -0.25) is 0 Å². The van der Waals surface area contributed by atoms with E-state index in [9.17, 15) is 0 Å². The molecule has 0 aromatic rings. The predicted molar refractivity (Wildman–Crippen MR) is 43.2 cm³/mol. The molecule has 74 valence electrons. The maximum absolute atomic E-state index is 5.50. The Balaban J connectivity index is 0.00000121. The summed E-state index contributed by atoms with van der Waals surface area (Å²) in [4.78, 5) is 0. The molecule has 1 rings (SSSR count).